The van der Waals surface area contributed by atoms with Crippen LogP contribution in [0.15, 0.2) is 36.4 Å². The molecule has 114 valence electrons. The van der Waals surface area contributed by atoms with Crippen LogP contribution in [0.5, 0.6) is 5.75 Å². The van der Waals surface area contributed by atoms with Crippen molar-refractivity contribution >= 4 is 5.91 Å². The molecule has 1 spiro atoms. The first-order chi connectivity index (χ1) is 10.8. The van der Waals surface area contributed by atoms with Crippen LogP contribution in [0.25, 0.3) is 0 Å². The van der Waals surface area contributed by atoms with Crippen LogP contribution in [0, 0.1) is 23.2 Å². The van der Waals surface area contributed by atoms with Gasteiger partial charge < -0.3 is 10.1 Å². The smallest absolute Gasteiger partial charge is 0.224 e. The Bertz CT molecular complexity index is 661. The number of allylic oxidation sites excluding steroid dienone is 2. The number of carbonyl (C=O) groups is 1. The Morgan fingerprint density at radius 1 is 1.23 bits per heavy atom. The third-order valence-electron chi connectivity index (χ3n) is 6.33. The second kappa shape index (κ2) is 4.37. The summed E-state index contributed by atoms with van der Waals surface area (Å²) in [7, 11) is 0. The van der Waals surface area contributed by atoms with E-state index in [1.807, 2.05) is 18.2 Å². The van der Waals surface area contributed by atoms with Gasteiger partial charge in [0.25, 0.3) is 0 Å². The zero-order chi connectivity index (χ0) is 14.7. The van der Waals surface area contributed by atoms with Crippen LogP contribution >= 0.6 is 0 Å². The van der Waals surface area contributed by atoms with Crippen molar-refractivity contribution in [2.24, 2.45) is 23.2 Å². The maximum Gasteiger partial charge on any atom is 0.224 e. The minimum atomic E-state index is 0.107. The van der Waals surface area contributed by atoms with Gasteiger partial charge in [-0.1, -0.05) is 30.4 Å². The van der Waals surface area contributed by atoms with Crippen molar-refractivity contribution in [3.8, 4) is 5.75 Å². The molecule has 1 amide bonds. The first-order valence-electron chi connectivity index (χ1n) is 8.48. The van der Waals surface area contributed by atoms with E-state index in [9.17, 15) is 4.79 Å². The van der Waals surface area contributed by atoms with Crippen LogP contribution in [0.3, 0.4) is 0 Å². The summed E-state index contributed by atoms with van der Waals surface area (Å²) in [5, 5.41) is 3.31. The van der Waals surface area contributed by atoms with E-state index < -0.39 is 0 Å². The van der Waals surface area contributed by atoms with Gasteiger partial charge in [0.1, 0.15) is 5.75 Å². The van der Waals surface area contributed by atoms with E-state index in [0.717, 1.165) is 24.2 Å². The second-order valence-corrected chi connectivity index (χ2v) is 7.33. The molecular formula is C19H21NO2. The fraction of sp³-hybridized carbons (Fsp3) is 0.526. The van der Waals surface area contributed by atoms with Gasteiger partial charge in [-0.2, -0.15) is 0 Å². The molecule has 1 aromatic rings. The zero-order valence-electron chi connectivity index (χ0n) is 12.6. The lowest BCUT2D eigenvalue weighted by molar-refractivity contribution is -0.126. The normalized spacial score (nSPS) is 36.0. The molecule has 2 saturated carbocycles. The molecule has 0 unspecified atom stereocenters. The van der Waals surface area contributed by atoms with E-state index in [1.165, 1.54) is 12.8 Å². The molecule has 3 heteroatoms. The molecule has 22 heavy (non-hydrogen) atoms. The molecule has 0 aromatic heterocycles. The van der Waals surface area contributed by atoms with Crippen LogP contribution in [0.2, 0.25) is 0 Å². The second-order valence-electron chi connectivity index (χ2n) is 7.33. The van der Waals surface area contributed by atoms with Gasteiger partial charge in [-0.25, -0.2) is 0 Å². The van der Waals surface area contributed by atoms with Gasteiger partial charge in [-0.05, 0) is 42.6 Å². The topological polar surface area (TPSA) is 38.3 Å². The predicted molar refractivity (Wildman–Crippen MR) is 83.3 cm³/mol. The van der Waals surface area contributed by atoms with E-state index in [1.54, 1.807) is 0 Å². The van der Waals surface area contributed by atoms with Gasteiger partial charge in [-0.3, -0.25) is 4.79 Å². The Balaban J connectivity index is 1.35. The van der Waals surface area contributed by atoms with Gasteiger partial charge in [0, 0.05) is 17.9 Å². The molecule has 2 fully saturated rings. The van der Waals surface area contributed by atoms with Crippen molar-refractivity contribution in [1.82, 2.24) is 5.32 Å². The Labute approximate surface area is 130 Å². The monoisotopic (exact) mass is 295 g/mol. The number of benzene rings is 1. The molecule has 0 saturated heterocycles. The summed E-state index contributed by atoms with van der Waals surface area (Å²) in [5.41, 5.74) is 1.61. The van der Waals surface area contributed by atoms with E-state index in [4.69, 9.17) is 4.74 Å². The molecule has 4 aliphatic rings. The average Bonchev–Trinajstić information content (AvgIpc) is 3.21. The lowest BCUT2D eigenvalue weighted by Gasteiger charge is -2.29. The maximum absolute atomic E-state index is 12.8. The van der Waals surface area contributed by atoms with Crippen molar-refractivity contribution in [3.05, 3.63) is 42.0 Å². The van der Waals surface area contributed by atoms with Gasteiger partial charge in [0.2, 0.25) is 5.91 Å². The maximum atomic E-state index is 12.8. The Morgan fingerprint density at radius 3 is 2.91 bits per heavy atom. The number of carbonyl (C=O) groups excluding carboxylic acids is 1. The quantitative estimate of drug-likeness (QED) is 0.851. The molecular weight excluding hydrogens is 274 g/mol. The lowest BCUT2D eigenvalue weighted by Crippen LogP contribution is -2.38. The van der Waals surface area contributed by atoms with Crippen LogP contribution in [-0.2, 0) is 4.79 Å². The molecule has 2 bridgehead atoms. The highest BCUT2D eigenvalue weighted by Crippen LogP contribution is 2.70. The average molecular weight is 295 g/mol. The van der Waals surface area contributed by atoms with E-state index in [2.05, 4.69) is 23.5 Å². The molecule has 1 aliphatic heterocycles. The Hall–Kier alpha value is -1.77. The van der Waals surface area contributed by atoms with Crippen molar-refractivity contribution in [3.63, 3.8) is 0 Å². The highest BCUT2D eigenvalue weighted by Gasteiger charge is 2.64. The van der Waals surface area contributed by atoms with Gasteiger partial charge in [0.05, 0.1) is 12.6 Å². The highest BCUT2D eigenvalue weighted by atomic mass is 16.5. The minimum absolute atomic E-state index is 0.107. The van der Waals surface area contributed by atoms with Gasteiger partial charge >= 0.3 is 0 Å². The fourth-order valence-corrected chi connectivity index (χ4v) is 5.04. The molecule has 1 heterocycles. The first-order valence-corrected chi connectivity index (χ1v) is 8.48. The number of para-hydroxylation sites is 1. The Morgan fingerprint density at radius 2 is 2.09 bits per heavy atom. The Kier molecular flexibility index (Phi) is 2.53. The summed E-state index contributed by atoms with van der Waals surface area (Å²) in [5.74, 6) is 2.52. The summed E-state index contributed by atoms with van der Waals surface area (Å²) < 4.78 is 5.69. The van der Waals surface area contributed by atoms with Crippen molar-refractivity contribution in [2.45, 2.75) is 31.7 Å². The number of rotatable bonds is 2. The third-order valence-corrected chi connectivity index (χ3v) is 6.33. The molecule has 1 aromatic carbocycles. The standard InChI is InChI=1S/C19H21NO2/c21-18(14-11-12-5-6-15(14)19(12)8-9-19)20-16-7-10-22-17-4-2-1-3-13(16)17/h1-6,12,14-16H,7-11H2,(H,20,21)/t12-,14+,15-,16-/m1/s1. The molecule has 3 aliphatic carbocycles. The zero-order valence-corrected chi connectivity index (χ0v) is 12.6. The predicted octanol–water partition coefficient (Wildman–Crippen LogP) is 3.23. The van der Waals surface area contributed by atoms with E-state index >= 15 is 0 Å². The molecule has 4 atom stereocenters. The summed E-state index contributed by atoms with van der Waals surface area (Å²) in [4.78, 5) is 12.8. The van der Waals surface area contributed by atoms with Crippen molar-refractivity contribution in [1.29, 1.82) is 0 Å². The third kappa shape index (κ3) is 1.65. The number of hydrogen-bond donors (Lipinski definition) is 1. The van der Waals surface area contributed by atoms with E-state index in [0.29, 0.717) is 23.9 Å². The first kappa shape index (κ1) is 12.7. The number of hydrogen-bond acceptors (Lipinski definition) is 2. The SMILES string of the molecule is O=C(N[C@@H]1CCOc2ccccc21)[C@H]1C[C@H]2C=C[C@H]1C21CC1. The molecule has 0 radical (unpaired) electrons. The highest BCUT2D eigenvalue weighted by molar-refractivity contribution is 5.81. The van der Waals surface area contributed by atoms with Crippen LogP contribution in [0.1, 0.15) is 37.3 Å². The van der Waals surface area contributed by atoms with Gasteiger partial charge in [0.15, 0.2) is 0 Å². The van der Waals surface area contributed by atoms with Crippen molar-refractivity contribution in [2.75, 3.05) is 6.61 Å². The van der Waals surface area contributed by atoms with Crippen LogP contribution in [-0.4, -0.2) is 12.5 Å². The minimum Gasteiger partial charge on any atom is -0.493 e. The largest absolute Gasteiger partial charge is 0.493 e. The number of ether oxygens (including phenoxy) is 1. The molecule has 5 rings (SSSR count). The number of fused-ring (bicyclic) bond motifs is 1. The van der Waals surface area contributed by atoms with Crippen LogP contribution in [0.4, 0.5) is 0 Å². The van der Waals surface area contributed by atoms with Crippen molar-refractivity contribution < 1.29 is 9.53 Å². The number of nitrogens with one attached hydrogen (secondary N) is 1. The summed E-state index contributed by atoms with van der Waals surface area (Å²) in [6.07, 6.45) is 9.25. The summed E-state index contributed by atoms with van der Waals surface area (Å²) >= 11 is 0. The number of amides is 1. The van der Waals surface area contributed by atoms with Gasteiger partial charge in [-0.15, -0.1) is 0 Å². The fourth-order valence-electron chi connectivity index (χ4n) is 5.04. The molecule has 1 N–H and O–H groups in total. The van der Waals surface area contributed by atoms with E-state index in [-0.39, 0.29) is 17.9 Å². The lowest BCUT2D eigenvalue weighted by atomic mass is 9.88. The molecule has 3 nitrogen and oxygen atoms in total. The summed E-state index contributed by atoms with van der Waals surface area (Å²) in [6, 6.07) is 8.18. The summed E-state index contributed by atoms with van der Waals surface area (Å²) in [6.45, 7) is 0.683. The van der Waals surface area contributed by atoms with Crippen LogP contribution < -0.4 is 10.1 Å².